The molecule has 1 fully saturated rings. The molecule has 0 saturated carbocycles. The van der Waals surface area contributed by atoms with Gasteiger partial charge in [-0.25, -0.2) is 0 Å². The molecule has 1 unspecified atom stereocenters. The van der Waals surface area contributed by atoms with Gasteiger partial charge in [0, 0.05) is 45.1 Å². The van der Waals surface area contributed by atoms with Crippen LogP contribution < -0.4 is 0 Å². The minimum atomic E-state index is -4.77. The standard InChI is InChI=1S/C31H36F3N3O3/c1-21(2)40-29(38)28-20-36(18-23-11-13-35-14-12-23)15-16-37(28)19-24-5-10-27(22(3)17-24)25-6-8-26(9-7-25)30(4,39)31(32,33)34/h5-14,17,21,28,39H,15-16,18-20H2,1-4H3/t28-,30?/m0/s1. The number of pyridine rings is 1. The highest BCUT2D eigenvalue weighted by molar-refractivity contribution is 5.76. The Kier molecular flexibility index (Phi) is 8.97. The van der Waals surface area contributed by atoms with Gasteiger partial charge in [0.15, 0.2) is 5.60 Å². The number of esters is 1. The molecule has 2 aromatic carbocycles. The van der Waals surface area contributed by atoms with E-state index < -0.39 is 17.8 Å². The molecule has 4 rings (SSSR count). The number of hydrogen-bond donors (Lipinski definition) is 1. The van der Waals surface area contributed by atoms with E-state index in [4.69, 9.17) is 4.74 Å². The van der Waals surface area contributed by atoms with Gasteiger partial charge in [0.05, 0.1) is 6.10 Å². The van der Waals surface area contributed by atoms with E-state index in [9.17, 15) is 23.1 Å². The molecule has 0 amide bonds. The van der Waals surface area contributed by atoms with Crippen molar-refractivity contribution < 1.29 is 27.8 Å². The quantitative estimate of drug-likeness (QED) is 0.372. The number of aliphatic hydroxyl groups is 1. The van der Waals surface area contributed by atoms with Crippen molar-refractivity contribution in [3.05, 3.63) is 89.2 Å². The molecule has 0 radical (unpaired) electrons. The van der Waals surface area contributed by atoms with E-state index in [1.54, 1.807) is 24.5 Å². The number of hydrogen-bond acceptors (Lipinski definition) is 6. The highest BCUT2D eigenvalue weighted by Gasteiger charge is 2.51. The first-order valence-corrected chi connectivity index (χ1v) is 13.4. The number of carbonyl (C=O) groups excluding carboxylic acids is 1. The molecule has 1 N–H and O–H groups in total. The molecule has 1 aliphatic rings. The molecule has 6 nitrogen and oxygen atoms in total. The average Bonchev–Trinajstić information content (AvgIpc) is 2.89. The van der Waals surface area contributed by atoms with Crippen LogP contribution in [0.4, 0.5) is 13.2 Å². The zero-order chi connectivity index (χ0) is 29.1. The Balaban J connectivity index is 1.49. The number of aromatic nitrogens is 1. The van der Waals surface area contributed by atoms with Crippen molar-refractivity contribution in [3.63, 3.8) is 0 Å². The zero-order valence-electron chi connectivity index (χ0n) is 23.3. The smallest absolute Gasteiger partial charge is 0.421 e. The topological polar surface area (TPSA) is 65.9 Å². The normalized spacial score (nSPS) is 18.5. The number of ether oxygens (including phenoxy) is 1. The van der Waals surface area contributed by atoms with E-state index in [-0.39, 0.29) is 17.6 Å². The molecule has 1 aromatic heterocycles. The molecule has 40 heavy (non-hydrogen) atoms. The monoisotopic (exact) mass is 555 g/mol. The van der Waals surface area contributed by atoms with Crippen molar-refractivity contribution in [2.45, 2.75) is 64.7 Å². The van der Waals surface area contributed by atoms with Crippen LogP contribution in [-0.4, -0.2) is 63.8 Å². The lowest BCUT2D eigenvalue weighted by Gasteiger charge is -2.40. The van der Waals surface area contributed by atoms with Crippen molar-refractivity contribution in [1.82, 2.24) is 14.8 Å². The van der Waals surface area contributed by atoms with Gasteiger partial charge < -0.3 is 9.84 Å². The van der Waals surface area contributed by atoms with E-state index in [0.717, 1.165) is 47.8 Å². The van der Waals surface area contributed by atoms with Gasteiger partial charge in [-0.05, 0) is 73.2 Å². The fraction of sp³-hybridized carbons (Fsp3) is 0.419. The lowest BCUT2D eigenvalue weighted by molar-refractivity contribution is -0.258. The van der Waals surface area contributed by atoms with Crippen LogP contribution >= 0.6 is 0 Å². The predicted molar refractivity (Wildman–Crippen MR) is 147 cm³/mol. The summed E-state index contributed by atoms with van der Waals surface area (Å²) in [6.45, 7) is 9.75. The highest BCUT2D eigenvalue weighted by Crippen LogP contribution is 2.39. The second-order valence-electron chi connectivity index (χ2n) is 10.9. The van der Waals surface area contributed by atoms with Gasteiger partial charge in [0.2, 0.25) is 0 Å². The highest BCUT2D eigenvalue weighted by atomic mass is 19.4. The fourth-order valence-corrected chi connectivity index (χ4v) is 5.01. The minimum Gasteiger partial charge on any atom is -0.462 e. The van der Waals surface area contributed by atoms with E-state index in [1.165, 1.54) is 12.1 Å². The van der Waals surface area contributed by atoms with Crippen LogP contribution in [0.3, 0.4) is 0 Å². The van der Waals surface area contributed by atoms with Gasteiger partial charge in [-0.15, -0.1) is 0 Å². The van der Waals surface area contributed by atoms with Gasteiger partial charge in [0.1, 0.15) is 6.04 Å². The predicted octanol–water partition coefficient (Wildman–Crippen LogP) is 5.46. The van der Waals surface area contributed by atoms with Gasteiger partial charge in [0.25, 0.3) is 0 Å². The fourth-order valence-electron chi connectivity index (χ4n) is 5.01. The van der Waals surface area contributed by atoms with Crippen molar-refractivity contribution in [1.29, 1.82) is 0 Å². The second-order valence-corrected chi connectivity index (χ2v) is 10.9. The lowest BCUT2D eigenvalue weighted by Crippen LogP contribution is -2.56. The summed E-state index contributed by atoms with van der Waals surface area (Å²) in [4.78, 5) is 21.6. The number of alkyl halides is 3. The second kappa shape index (κ2) is 12.1. The molecule has 0 aliphatic carbocycles. The number of carbonyl (C=O) groups is 1. The molecule has 2 atom stereocenters. The van der Waals surface area contributed by atoms with Crippen molar-refractivity contribution >= 4 is 5.97 Å². The zero-order valence-corrected chi connectivity index (χ0v) is 23.3. The van der Waals surface area contributed by atoms with Crippen LogP contribution in [0, 0.1) is 6.92 Å². The van der Waals surface area contributed by atoms with Gasteiger partial charge >= 0.3 is 12.1 Å². The number of nitrogens with zero attached hydrogens (tertiary/aromatic N) is 3. The van der Waals surface area contributed by atoms with Crippen LogP contribution in [-0.2, 0) is 28.2 Å². The van der Waals surface area contributed by atoms with Crippen LogP contribution in [0.25, 0.3) is 11.1 Å². The Labute approximate surface area is 233 Å². The summed E-state index contributed by atoms with van der Waals surface area (Å²) < 4.78 is 45.3. The summed E-state index contributed by atoms with van der Waals surface area (Å²) >= 11 is 0. The number of piperazine rings is 1. The van der Waals surface area contributed by atoms with E-state index in [2.05, 4.69) is 14.8 Å². The lowest BCUT2D eigenvalue weighted by atomic mass is 9.92. The maximum absolute atomic E-state index is 13.2. The maximum Gasteiger partial charge on any atom is 0.421 e. The summed E-state index contributed by atoms with van der Waals surface area (Å²) in [5.74, 6) is -0.238. The first kappa shape index (κ1) is 29.7. The van der Waals surface area contributed by atoms with Crippen molar-refractivity contribution in [2.75, 3.05) is 19.6 Å². The third-order valence-corrected chi connectivity index (χ3v) is 7.34. The van der Waals surface area contributed by atoms with Crippen molar-refractivity contribution in [2.24, 2.45) is 0 Å². The summed E-state index contributed by atoms with van der Waals surface area (Å²) in [5.41, 5.74) is 1.66. The molecule has 214 valence electrons. The summed E-state index contributed by atoms with van der Waals surface area (Å²) in [5, 5.41) is 9.96. The Hall–Kier alpha value is -3.27. The third-order valence-electron chi connectivity index (χ3n) is 7.34. The molecule has 0 spiro atoms. The number of halogens is 3. The van der Waals surface area contributed by atoms with E-state index in [0.29, 0.717) is 19.6 Å². The third kappa shape index (κ3) is 6.89. The number of aryl methyl sites for hydroxylation is 1. The van der Waals surface area contributed by atoms with Crippen LogP contribution in [0.15, 0.2) is 67.0 Å². The molecular formula is C31H36F3N3O3. The Morgan fingerprint density at radius 1 is 1.02 bits per heavy atom. The summed E-state index contributed by atoms with van der Waals surface area (Å²) in [6, 6.07) is 15.3. The van der Waals surface area contributed by atoms with Gasteiger partial charge in [-0.3, -0.25) is 19.6 Å². The van der Waals surface area contributed by atoms with E-state index >= 15 is 0 Å². The van der Waals surface area contributed by atoms with E-state index in [1.807, 2.05) is 51.1 Å². The minimum absolute atomic E-state index is 0.208. The Morgan fingerprint density at radius 3 is 2.30 bits per heavy atom. The Bertz CT molecular complexity index is 1290. The van der Waals surface area contributed by atoms with Gasteiger partial charge in [-0.2, -0.15) is 13.2 Å². The maximum atomic E-state index is 13.2. The van der Waals surface area contributed by atoms with Crippen LogP contribution in [0.1, 0.15) is 43.0 Å². The summed E-state index contributed by atoms with van der Waals surface area (Å²) in [6.07, 6.45) is -1.45. The van der Waals surface area contributed by atoms with Crippen LogP contribution in [0.5, 0.6) is 0 Å². The Morgan fingerprint density at radius 2 is 1.70 bits per heavy atom. The first-order chi connectivity index (χ1) is 18.8. The molecule has 3 aromatic rings. The largest absolute Gasteiger partial charge is 0.462 e. The average molecular weight is 556 g/mol. The molecule has 0 bridgehead atoms. The molecular weight excluding hydrogens is 519 g/mol. The van der Waals surface area contributed by atoms with Gasteiger partial charge in [-0.1, -0.05) is 42.5 Å². The first-order valence-electron chi connectivity index (χ1n) is 13.4. The SMILES string of the molecule is Cc1cc(CN2CCN(Cc3ccncc3)C[C@H]2C(=O)OC(C)C)ccc1-c1ccc(C(C)(O)C(F)(F)F)cc1. The molecule has 2 heterocycles. The molecule has 1 saturated heterocycles. The number of rotatable bonds is 8. The summed E-state index contributed by atoms with van der Waals surface area (Å²) in [7, 11) is 0. The van der Waals surface area contributed by atoms with Crippen LogP contribution in [0.2, 0.25) is 0 Å². The van der Waals surface area contributed by atoms with Crippen molar-refractivity contribution in [3.8, 4) is 11.1 Å². The molecule has 9 heteroatoms. The number of benzene rings is 2. The molecule has 1 aliphatic heterocycles.